The summed E-state index contributed by atoms with van der Waals surface area (Å²) in [5.74, 6) is -0.660. The number of amides is 1. The summed E-state index contributed by atoms with van der Waals surface area (Å²) in [6.45, 7) is 0. The summed E-state index contributed by atoms with van der Waals surface area (Å²) < 4.78 is 14.1. The normalized spacial score (nSPS) is 10.2. The third kappa shape index (κ3) is 3.38. The fourth-order valence-electron chi connectivity index (χ4n) is 1.36. The summed E-state index contributed by atoms with van der Waals surface area (Å²) >= 11 is 4.67. The summed E-state index contributed by atoms with van der Waals surface area (Å²) in [7, 11) is 0. The average Bonchev–Trinajstić information content (AvgIpc) is 2.75. The van der Waals surface area contributed by atoms with E-state index in [9.17, 15) is 9.18 Å². The molecule has 17 heavy (non-hydrogen) atoms. The molecule has 2 aromatic rings. The molecule has 0 saturated carbocycles. The maximum atomic E-state index is 13.4. The van der Waals surface area contributed by atoms with Crippen LogP contribution in [0.25, 0.3) is 0 Å². The van der Waals surface area contributed by atoms with Crippen molar-refractivity contribution in [2.24, 2.45) is 0 Å². The second-order valence-electron chi connectivity index (χ2n) is 3.43. The van der Waals surface area contributed by atoms with Crippen LogP contribution in [0.2, 0.25) is 0 Å². The summed E-state index contributed by atoms with van der Waals surface area (Å²) in [5, 5.41) is 4.45. The molecular formula is C12H9BrFNOS. The number of rotatable bonds is 3. The van der Waals surface area contributed by atoms with Crippen LogP contribution in [0.15, 0.2) is 40.2 Å². The minimum absolute atomic E-state index is 0.203. The first kappa shape index (κ1) is 12.3. The molecular weight excluding hydrogens is 305 g/mol. The van der Waals surface area contributed by atoms with Crippen LogP contribution in [-0.2, 0) is 11.2 Å². The lowest BCUT2D eigenvalue weighted by Gasteiger charge is -2.05. The van der Waals surface area contributed by atoms with E-state index in [-0.39, 0.29) is 18.0 Å². The van der Waals surface area contributed by atoms with Crippen molar-refractivity contribution in [2.75, 3.05) is 5.32 Å². The molecule has 2 rings (SSSR count). The van der Waals surface area contributed by atoms with E-state index in [1.807, 2.05) is 17.5 Å². The van der Waals surface area contributed by atoms with Crippen LogP contribution in [-0.4, -0.2) is 5.91 Å². The number of benzene rings is 1. The highest BCUT2D eigenvalue weighted by atomic mass is 79.9. The van der Waals surface area contributed by atoms with Gasteiger partial charge >= 0.3 is 0 Å². The SMILES string of the molecule is O=C(Cc1cccs1)Nc1ccc(Br)cc1F. The Balaban J connectivity index is 2.03. The van der Waals surface area contributed by atoms with Crippen molar-refractivity contribution in [1.82, 2.24) is 0 Å². The van der Waals surface area contributed by atoms with Crippen LogP contribution >= 0.6 is 27.3 Å². The van der Waals surface area contributed by atoms with Gasteiger partial charge in [0.15, 0.2) is 0 Å². The zero-order valence-electron chi connectivity index (χ0n) is 8.74. The molecule has 0 fully saturated rings. The highest BCUT2D eigenvalue weighted by Gasteiger charge is 2.08. The molecule has 5 heteroatoms. The minimum Gasteiger partial charge on any atom is -0.323 e. The zero-order valence-corrected chi connectivity index (χ0v) is 11.1. The second kappa shape index (κ2) is 5.42. The van der Waals surface area contributed by atoms with Crippen molar-refractivity contribution in [3.8, 4) is 0 Å². The predicted octanol–water partition coefficient (Wildman–Crippen LogP) is 3.83. The van der Waals surface area contributed by atoms with Crippen LogP contribution in [0.1, 0.15) is 4.88 Å². The van der Waals surface area contributed by atoms with E-state index < -0.39 is 5.82 Å². The molecule has 1 heterocycles. The third-order valence-corrected chi connectivity index (χ3v) is 3.49. The van der Waals surface area contributed by atoms with Gasteiger partial charge in [0.2, 0.25) is 5.91 Å². The topological polar surface area (TPSA) is 29.1 Å². The van der Waals surface area contributed by atoms with Crippen LogP contribution in [0.5, 0.6) is 0 Å². The fraction of sp³-hybridized carbons (Fsp3) is 0.0833. The Morgan fingerprint density at radius 2 is 2.24 bits per heavy atom. The van der Waals surface area contributed by atoms with Gasteiger partial charge in [-0.25, -0.2) is 4.39 Å². The van der Waals surface area contributed by atoms with Gasteiger partial charge in [0, 0.05) is 9.35 Å². The number of nitrogens with one attached hydrogen (secondary N) is 1. The van der Waals surface area contributed by atoms with Crippen LogP contribution in [0, 0.1) is 5.82 Å². The lowest BCUT2D eigenvalue weighted by Crippen LogP contribution is -2.14. The maximum Gasteiger partial charge on any atom is 0.229 e. The Kier molecular flexibility index (Phi) is 3.91. The number of hydrogen-bond donors (Lipinski definition) is 1. The zero-order chi connectivity index (χ0) is 12.3. The molecule has 88 valence electrons. The lowest BCUT2D eigenvalue weighted by molar-refractivity contribution is -0.115. The average molecular weight is 314 g/mol. The largest absolute Gasteiger partial charge is 0.323 e. The van der Waals surface area contributed by atoms with E-state index in [2.05, 4.69) is 21.2 Å². The van der Waals surface area contributed by atoms with Gasteiger partial charge in [-0.15, -0.1) is 11.3 Å². The maximum absolute atomic E-state index is 13.4. The number of halogens is 2. The van der Waals surface area contributed by atoms with Gasteiger partial charge < -0.3 is 5.32 Å². The van der Waals surface area contributed by atoms with Crippen molar-refractivity contribution in [3.63, 3.8) is 0 Å². The monoisotopic (exact) mass is 313 g/mol. The van der Waals surface area contributed by atoms with Gasteiger partial charge in [-0.1, -0.05) is 22.0 Å². The molecule has 0 aliphatic rings. The highest BCUT2D eigenvalue weighted by molar-refractivity contribution is 9.10. The molecule has 0 aliphatic heterocycles. The smallest absolute Gasteiger partial charge is 0.229 e. The van der Waals surface area contributed by atoms with Gasteiger partial charge in [-0.3, -0.25) is 4.79 Å². The van der Waals surface area contributed by atoms with Gasteiger partial charge in [0.25, 0.3) is 0 Å². The van der Waals surface area contributed by atoms with Gasteiger partial charge in [0.1, 0.15) is 5.82 Å². The van der Waals surface area contributed by atoms with E-state index in [0.29, 0.717) is 4.47 Å². The molecule has 0 bridgehead atoms. The van der Waals surface area contributed by atoms with Crippen LogP contribution in [0.4, 0.5) is 10.1 Å². The molecule has 1 amide bonds. The van der Waals surface area contributed by atoms with E-state index in [4.69, 9.17) is 0 Å². The molecule has 1 aromatic carbocycles. The molecule has 0 unspecified atom stereocenters. The van der Waals surface area contributed by atoms with Crippen molar-refractivity contribution in [3.05, 3.63) is 50.9 Å². The Morgan fingerprint density at radius 1 is 1.41 bits per heavy atom. The summed E-state index contributed by atoms with van der Waals surface area (Å²) in [5.41, 5.74) is 0.203. The first-order chi connectivity index (χ1) is 8.15. The molecule has 0 aliphatic carbocycles. The molecule has 0 atom stereocenters. The van der Waals surface area contributed by atoms with Crippen LogP contribution in [0.3, 0.4) is 0 Å². The summed E-state index contributed by atoms with van der Waals surface area (Å²) in [6, 6.07) is 8.30. The Bertz CT molecular complexity index is 527. The molecule has 0 saturated heterocycles. The first-order valence-electron chi connectivity index (χ1n) is 4.92. The van der Waals surface area contributed by atoms with E-state index in [1.54, 1.807) is 6.07 Å². The molecule has 0 spiro atoms. The van der Waals surface area contributed by atoms with Crippen molar-refractivity contribution >= 4 is 38.9 Å². The number of carbonyl (C=O) groups is 1. The molecule has 1 aromatic heterocycles. The predicted molar refractivity (Wildman–Crippen MR) is 70.8 cm³/mol. The Labute approximate surface area is 111 Å². The third-order valence-electron chi connectivity index (χ3n) is 2.12. The number of carbonyl (C=O) groups excluding carboxylic acids is 1. The van der Waals surface area contributed by atoms with Crippen LogP contribution < -0.4 is 5.32 Å². The van der Waals surface area contributed by atoms with E-state index in [1.165, 1.54) is 23.5 Å². The fourth-order valence-corrected chi connectivity index (χ4v) is 2.39. The molecule has 1 N–H and O–H groups in total. The highest BCUT2D eigenvalue weighted by Crippen LogP contribution is 2.19. The van der Waals surface area contributed by atoms with Crippen molar-refractivity contribution < 1.29 is 9.18 Å². The standard InChI is InChI=1S/C12H9BrFNOS/c13-8-3-4-11(10(14)6-8)15-12(16)7-9-2-1-5-17-9/h1-6H,7H2,(H,15,16). The Morgan fingerprint density at radius 3 is 2.88 bits per heavy atom. The molecule has 0 radical (unpaired) electrons. The van der Waals surface area contributed by atoms with E-state index in [0.717, 1.165) is 4.88 Å². The number of anilines is 1. The minimum atomic E-state index is -0.445. The first-order valence-corrected chi connectivity index (χ1v) is 6.60. The number of hydrogen-bond acceptors (Lipinski definition) is 2. The van der Waals surface area contributed by atoms with Crippen molar-refractivity contribution in [1.29, 1.82) is 0 Å². The quantitative estimate of drug-likeness (QED) is 0.916. The number of thiophene rings is 1. The van der Waals surface area contributed by atoms with Gasteiger partial charge in [-0.05, 0) is 29.6 Å². The summed E-state index contributed by atoms with van der Waals surface area (Å²) in [6.07, 6.45) is 0.271. The van der Waals surface area contributed by atoms with E-state index >= 15 is 0 Å². The van der Waals surface area contributed by atoms with Gasteiger partial charge in [-0.2, -0.15) is 0 Å². The lowest BCUT2D eigenvalue weighted by atomic mass is 10.3. The molecule has 2 nitrogen and oxygen atoms in total. The Hall–Kier alpha value is -1.20. The summed E-state index contributed by atoms with van der Waals surface area (Å²) in [4.78, 5) is 12.6. The second-order valence-corrected chi connectivity index (χ2v) is 5.38. The van der Waals surface area contributed by atoms with Gasteiger partial charge in [0.05, 0.1) is 12.1 Å². The van der Waals surface area contributed by atoms with Crippen molar-refractivity contribution in [2.45, 2.75) is 6.42 Å².